The van der Waals surface area contributed by atoms with Crippen LogP contribution >= 0.6 is 12.6 Å². The Morgan fingerprint density at radius 2 is 1.88 bits per heavy atom. The molecule has 1 aromatic carbocycles. The smallest absolute Gasteiger partial charge is 0.224 e. The number of amides is 1. The summed E-state index contributed by atoms with van der Waals surface area (Å²) in [5.41, 5.74) is 1.20. The van der Waals surface area contributed by atoms with Crippen LogP contribution < -0.4 is 5.32 Å². The number of hydrogen-bond donors (Lipinski definition) is 2. The lowest BCUT2D eigenvalue weighted by Gasteiger charge is -2.17. The molecule has 0 saturated heterocycles. The minimum Gasteiger partial charge on any atom is -0.349 e. The maximum atomic E-state index is 12.5. The molecule has 0 aliphatic heterocycles. The predicted molar refractivity (Wildman–Crippen MR) is 108 cm³/mol. The lowest BCUT2D eigenvalue weighted by atomic mass is 9.98. The zero-order valence-electron chi connectivity index (χ0n) is 16.0. The van der Waals surface area contributed by atoms with E-state index < -0.39 is 0 Å². The number of nitrogens with one attached hydrogen (secondary N) is 1. The molecule has 1 unspecified atom stereocenters. The van der Waals surface area contributed by atoms with Crippen LogP contribution in [0, 0.1) is 11.8 Å². The molecule has 0 radical (unpaired) electrons. The van der Waals surface area contributed by atoms with Crippen molar-refractivity contribution in [1.29, 1.82) is 0 Å². The van der Waals surface area contributed by atoms with E-state index in [4.69, 9.17) is 0 Å². The van der Waals surface area contributed by atoms with Crippen molar-refractivity contribution in [1.82, 2.24) is 20.1 Å². The second-order valence-electron chi connectivity index (χ2n) is 7.08. The van der Waals surface area contributed by atoms with E-state index in [1.807, 2.05) is 18.2 Å². The molecule has 1 amide bonds. The third kappa shape index (κ3) is 5.87. The SMILES string of the molecule is CCCc1nnc(CNC(=O)C(CS)CC(C)C)n1Cc1ccccc1. The fourth-order valence-corrected chi connectivity index (χ4v) is 3.32. The van der Waals surface area contributed by atoms with E-state index >= 15 is 0 Å². The molecule has 1 aromatic heterocycles. The monoisotopic (exact) mass is 374 g/mol. The van der Waals surface area contributed by atoms with Gasteiger partial charge in [0.05, 0.1) is 13.1 Å². The van der Waals surface area contributed by atoms with Gasteiger partial charge in [-0.15, -0.1) is 10.2 Å². The predicted octanol–water partition coefficient (Wildman–Crippen LogP) is 3.49. The minimum atomic E-state index is -0.0704. The van der Waals surface area contributed by atoms with Crippen LogP contribution in [-0.2, 0) is 24.3 Å². The Labute approximate surface area is 162 Å². The maximum absolute atomic E-state index is 12.5. The summed E-state index contributed by atoms with van der Waals surface area (Å²) in [6.07, 6.45) is 2.73. The van der Waals surface area contributed by atoms with Crippen molar-refractivity contribution in [3.05, 3.63) is 47.5 Å². The molecule has 6 heteroatoms. The van der Waals surface area contributed by atoms with E-state index in [1.54, 1.807) is 0 Å². The van der Waals surface area contributed by atoms with Gasteiger partial charge in [-0.3, -0.25) is 4.79 Å². The van der Waals surface area contributed by atoms with Gasteiger partial charge in [0.15, 0.2) is 5.82 Å². The molecule has 2 rings (SSSR count). The molecule has 0 aliphatic carbocycles. The zero-order chi connectivity index (χ0) is 18.9. The van der Waals surface area contributed by atoms with Crippen molar-refractivity contribution in [2.75, 3.05) is 5.75 Å². The van der Waals surface area contributed by atoms with Crippen LogP contribution in [0.5, 0.6) is 0 Å². The van der Waals surface area contributed by atoms with Crippen molar-refractivity contribution in [2.45, 2.75) is 53.1 Å². The Bertz CT molecular complexity index is 684. The summed E-state index contributed by atoms with van der Waals surface area (Å²) < 4.78 is 2.12. The Morgan fingerprint density at radius 3 is 2.50 bits per heavy atom. The molecule has 0 saturated carbocycles. The molecular formula is C20H30N4OS. The highest BCUT2D eigenvalue weighted by atomic mass is 32.1. The topological polar surface area (TPSA) is 59.8 Å². The largest absolute Gasteiger partial charge is 0.349 e. The molecule has 142 valence electrons. The second-order valence-corrected chi connectivity index (χ2v) is 7.45. The maximum Gasteiger partial charge on any atom is 0.224 e. The van der Waals surface area contributed by atoms with E-state index in [1.165, 1.54) is 5.56 Å². The van der Waals surface area contributed by atoms with E-state index in [0.717, 1.165) is 37.5 Å². The second kappa shape index (κ2) is 10.4. The average Bonchev–Trinajstić information content (AvgIpc) is 3.00. The Morgan fingerprint density at radius 1 is 1.19 bits per heavy atom. The number of rotatable bonds is 10. The van der Waals surface area contributed by atoms with Gasteiger partial charge in [0.25, 0.3) is 0 Å². The lowest BCUT2D eigenvalue weighted by molar-refractivity contribution is -0.125. The van der Waals surface area contributed by atoms with Gasteiger partial charge < -0.3 is 9.88 Å². The number of thiol groups is 1. The van der Waals surface area contributed by atoms with Gasteiger partial charge in [-0.1, -0.05) is 51.1 Å². The average molecular weight is 375 g/mol. The summed E-state index contributed by atoms with van der Waals surface area (Å²) in [5.74, 6) is 2.76. The third-order valence-corrected chi connectivity index (χ3v) is 4.77. The van der Waals surface area contributed by atoms with Gasteiger partial charge in [-0.05, 0) is 24.3 Å². The van der Waals surface area contributed by atoms with Gasteiger partial charge in [0.2, 0.25) is 5.91 Å². The van der Waals surface area contributed by atoms with Crippen molar-refractivity contribution in [2.24, 2.45) is 11.8 Å². The zero-order valence-corrected chi connectivity index (χ0v) is 16.9. The molecule has 5 nitrogen and oxygen atoms in total. The first-order valence-electron chi connectivity index (χ1n) is 9.38. The molecule has 0 bridgehead atoms. The number of aryl methyl sites for hydroxylation is 1. The standard InChI is InChI=1S/C20H30N4OS/c1-4-8-18-22-23-19(24(18)13-16-9-6-5-7-10-16)12-21-20(25)17(14-26)11-15(2)3/h5-7,9-10,15,17,26H,4,8,11-14H2,1-3H3,(H,21,25). The van der Waals surface area contributed by atoms with Crippen molar-refractivity contribution in [3.63, 3.8) is 0 Å². The summed E-state index contributed by atoms with van der Waals surface area (Å²) in [5, 5.41) is 11.7. The summed E-state index contributed by atoms with van der Waals surface area (Å²) in [7, 11) is 0. The van der Waals surface area contributed by atoms with Crippen molar-refractivity contribution >= 4 is 18.5 Å². The highest BCUT2D eigenvalue weighted by Crippen LogP contribution is 2.14. The highest BCUT2D eigenvalue weighted by Gasteiger charge is 2.19. The van der Waals surface area contributed by atoms with E-state index in [2.05, 4.69) is 65.6 Å². The molecule has 26 heavy (non-hydrogen) atoms. The van der Waals surface area contributed by atoms with Gasteiger partial charge in [-0.2, -0.15) is 12.6 Å². The van der Waals surface area contributed by atoms with Crippen LogP contribution in [-0.4, -0.2) is 26.4 Å². The quantitative estimate of drug-likeness (QED) is 0.626. The Balaban J connectivity index is 2.09. The molecule has 1 atom stereocenters. The normalized spacial score (nSPS) is 12.3. The Kier molecular flexibility index (Phi) is 8.16. The molecule has 1 heterocycles. The highest BCUT2D eigenvalue weighted by molar-refractivity contribution is 7.80. The number of nitrogens with zero attached hydrogens (tertiary/aromatic N) is 3. The van der Waals surface area contributed by atoms with Crippen LogP contribution in [0.1, 0.15) is 50.8 Å². The first kappa shape index (κ1) is 20.5. The van der Waals surface area contributed by atoms with Gasteiger partial charge in [0, 0.05) is 18.1 Å². The molecular weight excluding hydrogens is 344 g/mol. The first-order chi connectivity index (χ1) is 12.5. The van der Waals surface area contributed by atoms with Gasteiger partial charge in [0.1, 0.15) is 5.82 Å². The summed E-state index contributed by atoms with van der Waals surface area (Å²) in [4.78, 5) is 12.5. The number of carbonyl (C=O) groups is 1. The number of aromatic nitrogens is 3. The van der Waals surface area contributed by atoms with Crippen molar-refractivity contribution < 1.29 is 4.79 Å². The third-order valence-electron chi connectivity index (χ3n) is 4.33. The Hall–Kier alpha value is -1.82. The molecule has 1 N–H and O–H groups in total. The number of carbonyl (C=O) groups excluding carboxylic acids is 1. The fraction of sp³-hybridized carbons (Fsp3) is 0.550. The van der Waals surface area contributed by atoms with Crippen LogP contribution in [0.4, 0.5) is 0 Å². The number of benzene rings is 1. The first-order valence-corrected chi connectivity index (χ1v) is 10.0. The molecule has 0 spiro atoms. The summed E-state index contributed by atoms with van der Waals surface area (Å²) in [6, 6.07) is 10.3. The van der Waals surface area contributed by atoms with Crippen LogP contribution in [0.15, 0.2) is 30.3 Å². The van der Waals surface area contributed by atoms with Crippen LogP contribution in [0.2, 0.25) is 0 Å². The summed E-state index contributed by atoms with van der Waals surface area (Å²) >= 11 is 4.33. The van der Waals surface area contributed by atoms with Crippen molar-refractivity contribution in [3.8, 4) is 0 Å². The fourth-order valence-electron chi connectivity index (χ4n) is 3.00. The number of hydrogen-bond acceptors (Lipinski definition) is 4. The minimum absolute atomic E-state index is 0.0417. The van der Waals surface area contributed by atoms with E-state index in [0.29, 0.717) is 18.2 Å². The van der Waals surface area contributed by atoms with Crippen LogP contribution in [0.3, 0.4) is 0 Å². The molecule has 2 aromatic rings. The van der Waals surface area contributed by atoms with Crippen LogP contribution in [0.25, 0.3) is 0 Å². The molecule has 0 aliphatic rings. The molecule has 0 fully saturated rings. The van der Waals surface area contributed by atoms with E-state index in [9.17, 15) is 4.79 Å². The summed E-state index contributed by atoms with van der Waals surface area (Å²) in [6.45, 7) is 7.49. The lowest BCUT2D eigenvalue weighted by Crippen LogP contribution is -2.33. The van der Waals surface area contributed by atoms with Gasteiger partial charge >= 0.3 is 0 Å². The van der Waals surface area contributed by atoms with E-state index in [-0.39, 0.29) is 11.8 Å². The van der Waals surface area contributed by atoms with Gasteiger partial charge in [-0.25, -0.2) is 0 Å².